The van der Waals surface area contributed by atoms with E-state index in [1.165, 1.54) is 6.07 Å². The van der Waals surface area contributed by atoms with Gasteiger partial charge in [-0.25, -0.2) is 13.6 Å². The first-order chi connectivity index (χ1) is 12.0. The molecule has 2 rings (SSSR count). The Morgan fingerprint density at radius 1 is 1.00 bits per heavy atom. The summed E-state index contributed by atoms with van der Waals surface area (Å²) in [6, 6.07) is 15.3. The summed E-state index contributed by atoms with van der Waals surface area (Å²) in [5.74, 6) is -1.50. The fraction of sp³-hybridized carbons (Fsp3) is 0.263. The molecule has 0 aliphatic carbocycles. The van der Waals surface area contributed by atoms with Crippen LogP contribution in [0.15, 0.2) is 54.6 Å². The monoisotopic (exact) mass is 347 g/mol. The molecule has 1 N–H and O–H groups in total. The van der Waals surface area contributed by atoms with Gasteiger partial charge in [0.2, 0.25) is 5.91 Å². The van der Waals surface area contributed by atoms with E-state index in [1.807, 2.05) is 6.07 Å². The lowest BCUT2D eigenvalue weighted by atomic mass is 10.0. The molecule has 0 aliphatic rings. The quantitative estimate of drug-likeness (QED) is 0.794. The average molecular weight is 347 g/mol. The number of rotatable bonds is 8. The topological polar surface area (TPSA) is 57.6 Å². The largest absolute Gasteiger partial charge is 0.478 e. The van der Waals surface area contributed by atoms with E-state index in [2.05, 4.69) is 0 Å². The summed E-state index contributed by atoms with van der Waals surface area (Å²) in [4.78, 5) is 24.7. The van der Waals surface area contributed by atoms with Crippen molar-refractivity contribution in [2.24, 2.45) is 0 Å². The minimum absolute atomic E-state index is 0.0240. The number of carboxylic acids is 1. The number of hydrogen-bond acceptors (Lipinski definition) is 2. The number of aryl methyl sites for hydroxylation is 1. The third kappa shape index (κ3) is 5.67. The molecule has 4 nitrogen and oxygen atoms in total. The molecule has 25 heavy (non-hydrogen) atoms. The van der Waals surface area contributed by atoms with Gasteiger partial charge < -0.3 is 10.0 Å². The molecule has 0 saturated carbocycles. The number of hydrogen-bond donors (Lipinski definition) is 1. The smallest absolute Gasteiger partial charge is 0.335 e. The van der Waals surface area contributed by atoms with Crippen LogP contribution in [-0.2, 0) is 17.8 Å². The maximum Gasteiger partial charge on any atom is 0.335 e. The van der Waals surface area contributed by atoms with Crippen molar-refractivity contribution in [3.63, 3.8) is 0 Å². The number of carbonyl (C=O) groups excluding carboxylic acids is 1. The lowest BCUT2D eigenvalue weighted by molar-refractivity contribution is -0.133. The van der Waals surface area contributed by atoms with E-state index >= 15 is 0 Å². The van der Waals surface area contributed by atoms with Crippen molar-refractivity contribution in [1.29, 1.82) is 0 Å². The van der Waals surface area contributed by atoms with E-state index in [0.717, 1.165) is 10.5 Å². The Morgan fingerprint density at radius 3 is 2.28 bits per heavy atom. The predicted octanol–water partition coefficient (Wildman–Crippen LogP) is 3.61. The third-order valence-electron chi connectivity index (χ3n) is 3.78. The first-order valence-electron chi connectivity index (χ1n) is 7.88. The molecule has 6 heteroatoms. The number of carbonyl (C=O) groups is 2. The predicted molar refractivity (Wildman–Crippen MR) is 89.6 cm³/mol. The van der Waals surface area contributed by atoms with Crippen LogP contribution in [0.4, 0.5) is 8.78 Å². The van der Waals surface area contributed by atoms with Gasteiger partial charge in [0.1, 0.15) is 0 Å². The molecule has 0 spiro atoms. The van der Waals surface area contributed by atoms with Crippen molar-refractivity contribution >= 4 is 11.9 Å². The number of nitrogens with zero attached hydrogens (tertiary/aromatic N) is 1. The fourth-order valence-corrected chi connectivity index (χ4v) is 2.57. The molecule has 0 aliphatic heterocycles. The summed E-state index contributed by atoms with van der Waals surface area (Å²) < 4.78 is 25.6. The molecule has 2 aromatic carbocycles. The zero-order valence-electron chi connectivity index (χ0n) is 13.6. The van der Waals surface area contributed by atoms with Crippen LogP contribution in [0.25, 0.3) is 0 Å². The van der Waals surface area contributed by atoms with Crippen LogP contribution in [0.3, 0.4) is 0 Å². The SMILES string of the molecule is O=C(O)c1ccccc1CCC(=O)N(Cc1ccccc1)CC(F)F. The van der Waals surface area contributed by atoms with Crippen LogP contribution >= 0.6 is 0 Å². The number of aromatic carboxylic acids is 1. The fourth-order valence-electron chi connectivity index (χ4n) is 2.57. The third-order valence-corrected chi connectivity index (χ3v) is 3.78. The molecule has 132 valence electrons. The number of carboxylic acid groups (broad SMARTS) is 1. The Kier molecular flexibility index (Phi) is 6.62. The highest BCUT2D eigenvalue weighted by Gasteiger charge is 2.19. The molecular weight excluding hydrogens is 328 g/mol. The van der Waals surface area contributed by atoms with Gasteiger partial charge in [-0.15, -0.1) is 0 Å². The summed E-state index contributed by atoms with van der Waals surface area (Å²) in [6.07, 6.45) is -2.46. The summed E-state index contributed by atoms with van der Waals surface area (Å²) in [5.41, 5.74) is 1.40. The van der Waals surface area contributed by atoms with Gasteiger partial charge in [-0.1, -0.05) is 48.5 Å². The highest BCUT2D eigenvalue weighted by molar-refractivity contribution is 5.89. The lowest BCUT2D eigenvalue weighted by Gasteiger charge is -2.22. The standard InChI is InChI=1S/C19H19F2NO3/c20-17(21)13-22(12-14-6-2-1-3-7-14)18(23)11-10-15-8-4-5-9-16(15)19(24)25/h1-9,17H,10-13H2,(H,24,25). The molecule has 0 saturated heterocycles. The number of halogens is 2. The van der Waals surface area contributed by atoms with Crippen LogP contribution in [-0.4, -0.2) is 34.9 Å². The van der Waals surface area contributed by atoms with Crippen LogP contribution in [0.2, 0.25) is 0 Å². The maximum absolute atomic E-state index is 12.8. The molecule has 0 fully saturated rings. The Balaban J connectivity index is 2.05. The van der Waals surface area contributed by atoms with Crippen molar-refractivity contribution in [2.75, 3.05) is 6.54 Å². The summed E-state index contributed by atoms with van der Waals surface area (Å²) >= 11 is 0. The van der Waals surface area contributed by atoms with Gasteiger partial charge in [-0.05, 0) is 23.6 Å². The Bertz CT molecular complexity index is 720. The van der Waals surface area contributed by atoms with Crippen molar-refractivity contribution in [3.05, 3.63) is 71.3 Å². The molecule has 0 unspecified atom stereocenters. The Morgan fingerprint density at radius 2 is 1.64 bits per heavy atom. The highest BCUT2D eigenvalue weighted by atomic mass is 19.3. The second kappa shape index (κ2) is 8.92. The van der Waals surface area contributed by atoms with Crippen LogP contribution in [0, 0.1) is 0 Å². The molecule has 0 atom stereocenters. The molecular formula is C19H19F2NO3. The minimum Gasteiger partial charge on any atom is -0.478 e. The minimum atomic E-state index is -2.63. The summed E-state index contributed by atoms with van der Waals surface area (Å²) in [7, 11) is 0. The van der Waals surface area contributed by atoms with Gasteiger partial charge in [0.25, 0.3) is 6.43 Å². The van der Waals surface area contributed by atoms with Crippen LogP contribution in [0.5, 0.6) is 0 Å². The van der Waals surface area contributed by atoms with Crippen LogP contribution in [0.1, 0.15) is 27.9 Å². The summed E-state index contributed by atoms with van der Waals surface area (Å²) in [6.45, 7) is -0.543. The molecule has 0 radical (unpaired) electrons. The average Bonchev–Trinajstić information content (AvgIpc) is 2.59. The van der Waals surface area contributed by atoms with Crippen molar-refractivity contribution < 1.29 is 23.5 Å². The van der Waals surface area contributed by atoms with Crippen molar-refractivity contribution in [3.8, 4) is 0 Å². The first kappa shape index (κ1) is 18.6. The molecule has 2 aromatic rings. The van der Waals surface area contributed by atoms with E-state index in [-0.39, 0.29) is 24.9 Å². The van der Waals surface area contributed by atoms with Gasteiger partial charge in [0, 0.05) is 13.0 Å². The van der Waals surface area contributed by atoms with E-state index < -0.39 is 24.8 Å². The van der Waals surface area contributed by atoms with Gasteiger partial charge >= 0.3 is 5.97 Å². The molecule has 0 aromatic heterocycles. The van der Waals surface area contributed by atoms with Gasteiger partial charge in [0.05, 0.1) is 12.1 Å². The molecule has 0 heterocycles. The zero-order valence-corrected chi connectivity index (χ0v) is 13.6. The number of alkyl halides is 2. The van der Waals surface area contributed by atoms with Crippen molar-refractivity contribution in [1.82, 2.24) is 4.90 Å². The summed E-state index contributed by atoms with van der Waals surface area (Å²) in [5, 5.41) is 9.16. The Hall–Kier alpha value is -2.76. The zero-order chi connectivity index (χ0) is 18.2. The molecule has 1 amide bonds. The second-order valence-electron chi connectivity index (χ2n) is 5.61. The van der Waals surface area contributed by atoms with Crippen LogP contribution < -0.4 is 0 Å². The maximum atomic E-state index is 12.8. The van der Waals surface area contributed by atoms with Gasteiger partial charge in [-0.3, -0.25) is 4.79 Å². The molecule has 0 bridgehead atoms. The van der Waals surface area contributed by atoms with E-state index in [0.29, 0.717) is 5.56 Å². The lowest BCUT2D eigenvalue weighted by Crippen LogP contribution is -2.34. The van der Waals surface area contributed by atoms with E-state index in [4.69, 9.17) is 5.11 Å². The first-order valence-corrected chi connectivity index (χ1v) is 7.88. The second-order valence-corrected chi connectivity index (χ2v) is 5.61. The highest BCUT2D eigenvalue weighted by Crippen LogP contribution is 2.14. The van der Waals surface area contributed by atoms with Crippen molar-refractivity contribution in [2.45, 2.75) is 25.8 Å². The van der Waals surface area contributed by atoms with E-state index in [1.54, 1.807) is 42.5 Å². The number of benzene rings is 2. The van der Waals surface area contributed by atoms with Gasteiger partial charge in [-0.2, -0.15) is 0 Å². The number of amides is 1. The van der Waals surface area contributed by atoms with Gasteiger partial charge in [0.15, 0.2) is 0 Å². The normalized spacial score (nSPS) is 10.7. The van der Waals surface area contributed by atoms with E-state index in [9.17, 15) is 18.4 Å². The Labute approximate surface area is 144 Å².